The van der Waals surface area contributed by atoms with Gasteiger partial charge in [-0.25, -0.2) is 4.18 Å². The molecule has 7 atom stereocenters. The zero-order valence-electron chi connectivity index (χ0n) is 33.1. The Morgan fingerprint density at radius 1 is 0.736 bits per heavy atom. The Bertz CT molecular complexity index is 1010. The molecular formula is C40H77NO11S. The van der Waals surface area contributed by atoms with E-state index in [1.165, 1.54) is 103 Å². The summed E-state index contributed by atoms with van der Waals surface area (Å²) in [5, 5.41) is 44.6. The van der Waals surface area contributed by atoms with E-state index in [1.807, 2.05) is 0 Å². The first-order valence-electron chi connectivity index (χ1n) is 21.1. The maximum Gasteiger partial charge on any atom is 0.397 e. The van der Waals surface area contributed by atoms with Crippen LogP contribution in [-0.2, 0) is 28.9 Å². The Balaban J connectivity index is 2.53. The molecule has 12 nitrogen and oxygen atoms in total. The third-order valence-electron chi connectivity index (χ3n) is 10.1. The van der Waals surface area contributed by atoms with Gasteiger partial charge in [-0.1, -0.05) is 154 Å². The molecule has 0 bridgehead atoms. The first-order valence-corrected chi connectivity index (χ1v) is 22.4. The van der Waals surface area contributed by atoms with Crippen LogP contribution in [0.3, 0.4) is 0 Å². The van der Waals surface area contributed by atoms with E-state index in [2.05, 4.69) is 35.5 Å². The number of carbonyl (C=O) groups is 1. The van der Waals surface area contributed by atoms with Crippen LogP contribution >= 0.6 is 0 Å². The van der Waals surface area contributed by atoms with Crippen LogP contribution in [0.5, 0.6) is 0 Å². The molecule has 1 aliphatic heterocycles. The van der Waals surface area contributed by atoms with E-state index in [0.717, 1.165) is 44.9 Å². The van der Waals surface area contributed by atoms with Crippen molar-refractivity contribution in [2.45, 2.75) is 224 Å². The van der Waals surface area contributed by atoms with Gasteiger partial charge in [-0.2, -0.15) is 8.42 Å². The fraction of sp³-hybridized carbons (Fsp3) is 0.925. The Kier molecular flexibility index (Phi) is 30.1. The summed E-state index contributed by atoms with van der Waals surface area (Å²) in [6.07, 6.45) is 23.8. The maximum absolute atomic E-state index is 12.9. The molecule has 53 heavy (non-hydrogen) atoms. The highest BCUT2D eigenvalue weighted by molar-refractivity contribution is 7.80. The molecule has 6 N–H and O–H groups in total. The topological polar surface area (TPSA) is 192 Å². The molecule has 1 amide bonds. The van der Waals surface area contributed by atoms with Crippen LogP contribution in [0.2, 0.25) is 0 Å². The molecule has 13 heteroatoms. The monoisotopic (exact) mass is 780 g/mol. The molecule has 0 aromatic heterocycles. The van der Waals surface area contributed by atoms with Crippen molar-refractivity contribution in [2.24, 2.45) is 0 Å². The number of amides is 1. The first-order chi connectivity index (χ1) is 25.5. The van der Waals surface area contributed by atoms with Gasteiger partial charge in [0.05, 0.1) is 25.4 Å². The van der Waals surface area contributed by atoms with E-state index in [1.54, 1.807) is 0 Å². The summed E-state index contributed by atoms with van der Waals surface area (Å²) in [5.41, 5.74) is 0. The molecule has 1 fully saturated rings. The van der Waals surface area contributed by atoms with Crippen molar-refractivity contribution in [3.05, 3.63) is 12.2 Å². The fourth-order valence-electron chi connectivity index (χ4n) is 6.76. The third kappa shape index (κ3) is 25.6. The second-order valence-corrected chi connectivity index (χ2v) is 16.0. The van der Waals surface area contributed by atoms with E-state index in [0.29, 0.717) is 12.8 Å². The first kappa shape index (κ1) is 49.9. The van der Waals surface area contributed by atoms with Gasteiger partial charge in [0.25, 0.3) is 0 Å². The van der Waals surface area contributed by atoms with Gasteiger partial charge < -0.3 is 35.2 Å². The number of nitrogens with one attached hydrogen (secondary N) is 1. The van der Waals surface area contributed by atoms with Gasteiger partial charge in [0.15, 0.2) is 6.29 Å². The standard InChI is InChI=1S/C40H77NO11S/c1-3-5-7-9-11-13-14-15-16-17-18-19-20-22-23-25-27-29-34(43)33(41-36(44)30-28-26-24-21-12-10-8-6-4-2)32-50-40-38(46)39(52-53(47,48)49)37(45)35(31-42)51-40/h21,24,33-35,37-40,42-43,45-46H,3-20,22-23,25-32H2,1-2H3,(H,41,44)(H,47,48,49)/b24-21-. The van der Waals surface area contributed by atoms with Gasteiger partial charge in [-0.3, -0.25) is 9.35 Å². The largest absolute Gasteiger partial charge is 0.397 e. The highest BCUT2D eigenvalue weighted by atomic mass is 32.3. The van der Waals surface area contributed by atoms with Crippen LogP contribution in [0.4, 0.5) is 0 Å². The molecule has 1 aliphatic rings. The second-order valence-electron chi connectivity index (χ2n) is 14.9. The molecule has 314 valence electrons. The fourth-order valence-corrected chi connectivity index (χ4v) is 7.26. The lowest BCUT2D eigenvalue weighted by molar-refractivity contribution is -0.298. The molecule has 1 saturated heterocycles. The smallest absolute Gasteiger partial charge is 0.394 e. The SMILES string of the molecule is CCCCCC/C=C\CCCC(=O)NC(COC1OC(CO)C(O)C(OS(=O)(=O)O)C1O)C(O)CCCCCCCCCCCCCCCCCCC. The van der Waals surface area contributed by atoms with Crippen molar-refractivity contribution in [1.29, 1.82) is 0 Å². The zero-order valence-corrected chi connectivity index (χ0v) is 33.9. The number of aliphatic hydroxyl groups is 4. The van der Waals surface area contributed by atoms with Crippen molar-refractivity contribution >= 4 is 16.3 Å². The number of carbonyl (C=O) groups excluding carboxylic acids is 1. The number of aliphatic hydroxyl groups excluding tert-OH is 4. The molecule has 7 unspecified atom stereocenters. The summed E-state index contributed by atoms with van der Waals surface area (Å²) >= 11 is 0. The van der Waals surface area contributed by atoms with Crippen LogP contribution < -0.4 is 5.32 Å². The highest BCUT2D eigenvalue weighted by Crippen LogP contribution is 2.26. The summed E-state index contributed by atoms with van der Waals surface area (Å²) in [5.74, 6) is -0.266. The van der Waals surface area contributed by atoms with E-state index in [9.17, 15) is 33.6 Å². The van der Waals surface area contributed by atoms with Crippen LogP contribution in [0, 0.1) is 0 Å². The molecule has 0 saturated carbocycles. The second kappa shape index (κ2) is 32.0. The number of hydrogen-bond donors (Lipinski definition) is 6. The van der Waals surface area contributed by atoms with Gasteiger partial charge in [0, 0.05) is 6.42 Å². The normalized spacial score (nSPS) is 22.0. The number of unbranched alkanes of at least 4 members (excludes halogenated alkanes) is 21. The molecular weight excluding hydrogens is 703 g/mol. The lowest BCUT2D eigenvalue weighted by Crippen LogP contribution is -2.61. The minimum Gasteiger partial charge on any atom is -0.394 e. The number of allylic oxidation sites excluding steroid dienone is 2. The van der Waals surface area contributed by atoms with Crippen molar-refractivity contribution in [1.82, 2.24) is 5.32 Å². The number of hydrogen-bond acceptors (Lipinski definition) is 10. The molecule has 1 rings (SSSR count). The van der Waals surface area contributed by atoms with E-state index < -0.39 is 59.9 Å². The van der Waals surface area contributed by atoms with Gasteiger partial charge in [0.2, 0.25) is 5.91 Å². The van der Waals surface area contributed by atoms with Crippen molar-refractivity contribution in [3.63, 3.8) is 0 Å². The number of ether oxygens (including phenoxy) is 2. The van der Waals surface area contributed by atoms with E-state index in [4.69, 9.17) is 14.0 Å². The Labute approximate surface area is 321 Å². The van der Waals surface area contributed by atoms with Crippen molar-refractivity contribution < 1.29 is 51.8 Å². The summed E-state index contributed by atoms with van der Waals surface area (Å²) in [6, 6.07) is -0.867. The Morgan fingerprint density at radius 3 is 1.70 bits per heavy atom. The van der Waals surface area contributed by atoms with Crippen molar-refractivity contribution in [2.75, 3.05) is 13.2 Å². The molecule has 0 aromatic carbocycles. The van der Waals surface area contributed by atoms with E-state index in [-0.39, 0.29) is 18.9 Å². The summed E-state index contributed by atoms with van der Waals surface area (Å²) < 4.78 is 47.4. The maximum atomic E-state index is 12.9. The van der Waals surface area contributed by atoms with Crippen LogP contribution in [0.1, 0.15) is 181 Å². The molecule has 1 heterocycles. The highest BCUT2D eigenvalue weighted by Gasteiger charge is 2.48. The van der Waals surface area contributed by atoms with Crippen LogP contribution in [0.15, 0.2) is 12.2 Å². The predicted octanol–water partition coefficient (Wildman–Crippen LogP) is 7.21. The summed E-state index contributed by atoms with van der Waals surface area (Å²) in [4.78, 5) is 12.9. The van der Waals surface area contributed by atoms with Crippen LogP contribution in [-0.4, -0.2) is 95.4 Å². The summed E-state index contributed by atoms with van der Waals surface area (Å²) in [7, 11) is -5.07. The molecule has 0 aliphatic carbocycles. The molecule has 0 aromatic rings. The zero-order chi connectivity index (χ0) is 39.2. The Morgan fingerprint density at radius 2 is 1.21 bits per heavy atom. The number of rotatable bonds is 35. The lowest BCUT2D eigenvalue weighted by atomic mass is 9.99. The van der Waals surface area contributed by atoms with Gasteiger partial charge in [0.1, 0.15) is 24.4 Å². The van der Waals surface area contributed by atoms with Gasteiger partial charge in [-0.15, -0.1) is 0 Å². The van der Waals surface area contributed by atoms with Crippen molar-refractivity contribution in [3.8, 4) is 0 Å². The average molecular weight is 780 g/mol. The van der Waals surface area contributed by atoms with Crippen LogP contribution in [0.25, 0.3) is 0 Å². The summed E-state index contributed by atoms with van der Waals surface area (Å²) in [6.45, 7) is 3.37. The molecule has 0 radical (unpaired) electrons. The average Bonchev–Trinajstić information content (AvgIpc) is 3.12. The minimum absolute atomic E-state index is 0.244. The quantitative estimate of drug-likeness (QED) is 0.0216. The van der Waals surface area contributed by atoms with Gasteiger partial charge in [-0.05, 0) is 32.1 Å². The van der Waals surface area contributed by atoms with Gasteiger partial charge >= 0.3 is 10.4 Å². The van der Waals surface area contributed by atoms with E-state index >= 15 is 0 Å². The molecule has 0 spiro atoms. The Hall–Kier alpha value is -1.16. The lowest BCUT2D eigenvalue weighted by Gasteiger charge is -2.41. The predicted molar refractivity (Wildman–Crippen MR) is 209 cm³/mol. The minimum atomic E-state index is -5.07. The third-order valence-corrected chi connectivity index (χ3v) is 10.5.